The van der Waals surface area contributed by atoms with Crippen LogP contribution in [0.15, 0.2) is 18.2 Å². The number of nitrogens with zero attached hydrogens (tertiary/aromatic N) is 1. The first-order valence-corrected chi connectivity index (χ1v) is 10.7. The van der Waals surface area contributed by atoms with Gasteiger partial charge in [0.15, 0.2) is 0 Å². The lowest BCUT2D eigenvalue weighted by molar-refractivity contribution is -0.143. The molecule has 1 aromatic heterocycles. The number of hydrogen-bond acceptors (Lipinski definition) is 5. The third kappa shape index (κ3) is 6.02. The third-order valence-corrected chi connectivity index (χ3v) is 6.27. The minimum atomic E-state index is -5.09. The first-order chi connectivity index (χ1) is 15.3. The number of hydrogen-bond donors (Lipinski definition) is 1. The summed E-state index contributed by atoms with van der Waals surface area (Å²) >= 11 is 1.06. The second-order valence-corrected chi connectivity index (χ2v) is 8.58. The van der Waals surface area contributed by atoms with Gasteiger partial charge in [0.2, 0.25) is 0 Å². The standard InChI is InChI=1S/C21H20F6N2O3S.ClH/c1-3-5-29-6-4-14-15(10-29)33-18(16(14)19(31)32-2)28-17(30)11-7-12(20(22,23)24)9-13(8-11)21(25,26)27;/h7-9H,3-6,10H2,1-2H3,(H,28,30);1H. The highest BCUT2D eigenvalue weighted by Gasteiger charge is 2.38. The summed E-state index contributed by atoms with van der Waals surface area (Å²) in [6.07, 6.45) is -8.77. The Kier molecular flexibility index (Phi) is 8.65. The number of carbonyl (C=O) groups is 2. The van der Waals surface area contributed by atoms with Gasteiger partial charge in [-0.25, -0.2) is 4.79 Å². The highest BCUT2D eigenvalue weighted by atomic mass is 35.5. The summed E-state index contributed by atoms with van der Waals surface area (Å²) in [4.78, 5) is 28.0. The third-order valence-electron chi connectivity index (χ3n) is 5.14. The van der Waals surface area contributed by atoms with E-state index in [1.54, 1.807) is 0 Å². The molecule has 3 rings (SSSR count). The van der Waals surface area contributed by atoms with Crippen LogP contribution in [-0.2, 0) is 30.1 Å². The summed E-state index contributed by atoms with van der Waals surface area (Å²) in [6.45, 7) is 4.00. The van der Waals surface area contributed by atoms with Gasteiger partial charge in [-0.05, 0) is 43.1 Å². The molecule has 1 aromatic carbocycles. The molecule has 1 amide bonds. The van der Waals surface area contributed by atoms with E-state index in [0.29, 0.717) is 37.2 Å². The van der Waals surface area contributed by atoms with Gasteiger partial charge in [-0.2, -0.15) is 26.3 Å². The van der Waals surface area contributed by atoms with E-state index in [-0.39, 0.29) is 29.0 Å². The van der Waals surface area contributed by atoms with Crippen molar-refractivity contribution < 1.29 is 40.7 Å². The van der Waals surface area contributed by atoms with Crippen molar-refractivity contribution in [1.29, 1.82) is 0 Å². The van der Waals surface area contributed by atoms with Crippen molar-refractivity contribution in [2.45, 2.75) is 38.7 Å². The van der Waals surface area contributed by atoms with Crippen LogP contribution in [0.1, 0.15) is 55.6 Å². The number of anilines is 1. The molecule has 0 saturated heterocycles. The van der Waals surface area contributed by atoms with Gasteiger partial charge < -0.3 is 10.1 Å². The Balaban J connectivity index is 0.00000408. The Morgan fingerprint density at radius 3 is 2.18 bits per heavy atom. The summed E-state index contributed by atoms with van der Waals surface area (Å²) in [7, 11) is 1.15. The highest BCUT2D eigenvalue weighted by molar-refractivity contribution is 7.17. The number of thiophene rings is 1. The van der Waals surface area contributed by atoms with Crippen LogP contribution >= 0.6 is 23.7 Å². The first kappa shape index (κ1) is 27.9. The molecule has 0 bridgehead atoms. The molecule has 5 nitrogen and oxygen atoms in total. The number of halogens is 7. The topological polar surface area (TPSA) is 58.6 Å². The Morgan fingerprint density at radius 1 is 1.09 bits per heavy atom. The average molecular weight is 531 g/mol. The van der Waals surface area contributed by atoms with Crippen molar-refractivity contribution >= 4 is 40.6 Å². The predicted octanol–water partition coefficient (Wildman–Crippen LogP) is 6.01. The number of fused-ring (bicyclic) bond motifs is 1. The molecule has 0 unspecified atom stereocenters. The van der Waals surface area contributed by atoms with Crippen molar-refractivity contribution in [2.24, 2.45) is 0 Å². The first-order valence-electron chi connectivity index (χ1n) is 9.91. The second kappa shape index (κ2) is 10.5. The van der Waals surface area contributed by atoms with Crippen LogP contribution in [0.25, 0.3) is 0 Å². The monoisotopic (exact) mass is 530 g/mol. The SMILES string of the molecule is CCCN1CCc2c(sc(NC(=O)c3cc(C(F)(F)F)cc(C(F)(F)F)c3)c2C(=O)OC)C1.Cl. The predicted molar refractivity (Wildman–Crippen MR) is 117 cm³/mol. The van der Waals surface area contributed by atoms with E-state index >= 15 is 0 Å². The molecule has 0 fully saturated rings. The van der Waals surface area contributed by atoms with E-state index in [1.807, 2.05) is 6.92 Å². The second-order valence-electron chi connectivity index (χ2n) is 7.47. The van der Waals surface area contributed by atoms with E-state index < -0.39 is 40.9 Å². The quantitative estimate of drug-likeness (QED) is 0.380. The van der Waals surface area contributed by atoms with E-state index in [0.717, 1.165) is 36.3 Å². The summed E-state index contributed by atoms with van der Waals surface area (Å²) in [5.74, 6) is -1.94. The lowest BCUT2D eigenvalue weighted by atomic mass is 10.0. The van der Waals surface area contributed by atoms with Crippen LogP contribution in [0.2, 0.25) is 0 Å². The van der Waals surface area contributed by atoms with Gasteiger partial charge in [-0.3, -0.25) is 9.69 Å². The van der Waals surface area contributed by atoms with Crippen LogP contribution in [0.5, 0.6) is 0 Å². The van der Waals surface area contributed by atoms with Crippen LogP contribution in [-0.4, -0.2) is 37.0 Å². The normalized spacial score (nSPS) is 14.2. The number of esters is 1. The smallest absolute Gasteiger partial charge is 0.416 e. The summed E-state index contributed by atoms with van der Waals surface area (Å²) < 4.78 is 83.6. The minimum absolute atomic E-state index is 0. The Bertz CT molecular complexity index is 1040. The number of ether oxygens (including phenoxy) is 1. The number of carbonyl (C=O) groups excluding carboxylic acids is 2. The van der Waals surface area contributed by atoms with Crippen LogP contribution in [0.4, 0.5) is 31.3 Å². The number of benzene rings is 1. The molecule has 2 heterocycles. The fourth-order valence-corrected chi connectivity index (χ4v) is 4.90. The zero-order chi connectivity index (χ0) is 24.6. The fraction of sp³-hybridized carbons (Fsp3) is 0.429. The lowest BCUT2D eigenvalue weighted by Gasteiger charge is -2.26. The zero-order valence-corrected chi connectivity index (χ0v) is 19.7. The molecule has 188 valence electrons. The molecule has 0 saturated carbocycles. The van der Waals surface area contributed by atoms with Crippen molar-refractivity contribution in [3.63, 3.8) is 0 Å². The van der Waals surface area contributed by atoms with Gasteiger partial charge in [0.05, 0.1) is 23.8 Å². The molecular weight excluding hydrogens is 510 g/mol. The largest absolute Gasteiger partial charge is 0.465 e. The van der Waals surface area contributed by atoms with Crippen LogP contribution < -0.4 is 5.32 Å². The van der Waals surface area contributed by atoms with Gasteiger partial charge >= 0.3 is 18.3 Å². The highest BCUT2D eigenvalue weighted by Crippen LogP contribution is 2.39. The number of methoxy groups -OCH3 is 1. The Morgan fingerprint density at radius 2 is 1.68 bits per heavy atom. The van der Waals surface area contributed by atoms with Gasteiger partial charge in [0.1, 0.15) is 5.00 Å². The lowest BCUT2D eigenvalue weighted by Crippen LogP contribution is -2.30. The van der Waals surface area contributed by atoms with Crippen molar-refractivity contribution in [3.05, 3.63) is 50.9 Å². The van der Waals surface area contributed by atoms with E-state index in [1.165, 1.54) is 0 Å². The van der Waals surface area contributed by atoms with E-state index in [4.69, 9.17) is 4.74 Å². The maximum absolute atomic E-state index is 13.1. The molecule has 1 N–H and O–H groups in total. The molecule has 1 aliphatic heterocycles. The fourth-order valence-electron chi connectivity index (χ4n) is 3.63. The molecule has 0 spiro atoms. The molecule has 34 heavy (non-hydrogen) atoms. The van der Waals surface area contributed by atoms with Crippen molar-refractivity contribution in [3.8, 4) is 0 Å². The number of nitrogens with one attached hydrogen (secondary N) is 1. The molecule has 2 aromatic rings. The van der Waals surface area contributed by atoms with Gasteiger partial charge in [-0.15, -0.1) is 23.7 Å². The Hall–Kier alpha value is -2.31. The molecule has 0 aliphatic carbocycles. The molecule has 13 heteroatoms. The minimum Gasteiger partial charge on any atom is -0.465 e. The maximum Gasteiger partial charge on any atom is 0.416 e. The van der Waals surface area contributed by atoms with Crippen LogP contribution in [0, 0.1) is 0 Å². The molecule has 0 radical (unpaired) electrons. The summed E-state index contributed by atoms with van der Waals surface area (Å²) in [6, 6.07) is 0.639. The summed E-state index contributed by atoms with van der Waals surface area (Å²) in [5.41, 5.74) is -3.29. The average Bonchev–Trinajstić information content (AvgIpc) is 3.08. The summed E-state index contributed by atoms with van der Waals surface area (Å²) in [5, 5.41) is 2.36. The van der Waals surface area contributed by atoms with Gasteiger partial charge in [0, 0.05) is 23.5 Å². The van der Waals surface area contributed by atoms with Crippen molar-refractivity contribution in [2.75, 3.05) is 25.5 Å². The van der Waals surface area contributed by atoms with E-state index in [9.17, 15) is 35.9 Å². The molecule has 1 aliphatic rings. The number of alkyl halides is 6. The van der Waals surface area contributed by atoms with Gasteiger partial charge in [0.25, 0.3) is 5.91 Å². The molecular formula is C21H21ClF6N2O3S. The van der Waals surface area contributed by atoms with Crippen molar-refractivity contribution in [1.82, 2.24) is 4.90 Å². The van der Waals surface area contributed by atoms with E-state index in [2.05, 4.69) is 10.2 Å². The number of amides is 1. The molecule has 0 atom stereocenters. The Labute approximate surface area is 201 Å². The van der Waals surface area contributed by atoms with Crippen LogP contribution in [0.3, 0.4) is 0 Å². The maximum atomic E-state index is 13.1. The number of rotatable bonds is 5. The van der Waals surface area contributed by atoms with Gasteiger partial charge in [-0.1, -0.05) is 6.92 Å². The zero-order valence-electron chi connectivity index (χ0n) is 18.0.